The number of hydrogen-bond donors (Lipinski definition) is 2. The van der Waals surface area contributed by atoms with E-state index in [0.29, 0.717) is 22.8 Å². The maximum Gasteiger partial charge on any atom is 0.411 e. The van der Waals surface area contributed by atoms with E-state index in [9.17, 15) is 9.59 Å². The first-order valence-electron chi connectivity index (χ1n) is 6.39. The van der Waals surface area contributed by atoms with Crippen molar-refractivity contribution in [3.05, 3.63) is 48.2 Å². The molecule has 0 atom stereocenters. The van der Waals surface area contributed by atoms with Crippen molar-refractivity contribution in [2.75, 3.05) is 24.9 Å². The molecule has 1 aromatic heterocycles. The molecule has 0 fully saturated rings. The van der Waals surface area contributed by atoms with Crippen molar-refractivity contribution in [1.29, 1.82) is 0 Å². The molecule has 0 aliphatic heterocycles. The third-order valence-corrected chi connectivity index (χ3v) is 2.79. The van der Waals surface area contributed by atoms with Gasteiger partial charge in [-0.05, 0) is 24.3 Å². The number of benzene rings is 1. The standard InChI is InChI=1S/C15H15N3O4/c1-21-14(19)11-5-3-4-6-12(11)18-13-8-7-10(9-16-13)17-15(20)22-2/h3-9H,1-2H3,(H,16,18)(H,17,20). The maximum atomic E-state index is 11.7. The molecule has 2 rings (SSSR count). The fourth-order valence-electron chi connectivity index (χ4n) is 1.73. The first-order chi connectivity index (χ1) is 10.6. The van der Waals surface area contributed by atoms with Gasteiger partial charge in [-0.3, -0.25) is 5.32 Å². The van der Waals surface area contributed by atoms with Gasteiger partial charge in [0, 0.05) is 0 Å². The lowest BCUT2D eigenvalue weighted by molar-refractivity contribution is 0.0602. The van der Waals surface area contributed by atoms with E-state index in [-0.39, 0.29) is 0 Å². The molecule has 0 saturated heterocycles. The summed E-state index contributed by atoms with van der Waals surface area (Å²) in [6.07, 6.45) is 0.901. The van der Waals surface area contributed by atoms with E-state index in [2.05, 4.69) is 20.4 Å². The number of para-hydroxylation sites is 1. The van der Waals surface area contributed by atoms with Crippen molar-refractivity contribution in [1.82, 2.24) is 4.98 Å². The van der Waals surface area contributed by atoms with Crippen LogP contribution in [-0.4, -0.2) is 31.3 Å². The molecule has 1 aromatic carbocycles. The number of hydrogen-bond acceptors (Lipinski definition) is 6. The van der Waals surface area contributed by atoms with Crippen molar-refractivity contribution < 1.29 is 19.1 Å². The number of anilines is 3. The molecule has 22 heavy (non-hydrogen) atoms. The highest BCUT2D eigenvalue weighted by atomic mass is 16.5. The Labute approximate surface area is 127 Å². The number of carbonyl (C=O) groups is 2. The van der Waals surface area contributed by atoms with Gasteiger partial charge in [-0.2, -0.15) is 0 Å². The molecule has 0 aliphatic rings. The third-order valence-electron chi connectivity index (χ3n) is 2.79. The van der Waals surface area contributed by atoms with Crippen molar-refractivity contribution in [3.8, 4) is 0 Å². The average Bonchev–Trinajstić information content (AvgIpc) is 2.56. The first-order valence-corrected chi connectivity index (χ1v) is 6.39. The molecule has 1 amide bonds. The van der Waals surface area contributed by atoms with Gasteiger partial charge in [-0.1, -0.05) is 12.1 Å². The van der Waals surface area contributed by atoms with Crippen molar-refractivity contribution in [2.24, 2.45) is 0 Å². The summed E-state index contributed by atoms with van der Waals surface area (Å²) >= 11 is 0. The monoisotopic (exact) mass is 301 g/mol. The molecule has 0 saturated carbocycles. The summed E-state index contributed by atoms with van der Waals surface area (Å²) in [5, 5.41) is 5.52. The number of nitrogens with zero attached hydrogens (tertiary/aromatic N) is 1. The van der Waals surface area contributed by atoms with Gasteiger partial charge in [-0.25, -0.2) is 14.6 Å². The molecule has 7 heteroatoms. The maximum absolute atomic E-state index is 11.7. The predicted octanol–water partition coefficient (Wildman–Crippen LogP) is 2.79. The van der Waals surface area contributed by atoms with E-state index in [1.807, 2.05) is 0 Å². The zero-order chi connectivity index (χ0) is 15.9. The van der Waals surface area contributed by atoms with E-state index < -0.39 is 12.1 Å². The van der Waals surface area contributed by atoms with Gasteiger partial charge in [0.15, 0.2) is 0 Å². The Kier molecular flexibility index (Phi) is 4.92. The summed E-state index contributed by atoms with van der Waals surface area (Å²) in [6.45, 7) is 0. The van der Waals surface area contributed by atoms with Crippen LogP contribution in [-0.2, 0) is 9.47 Å². The van der Waals surface area contributed by atoms with Crippen molar-refractivity contribution in [3.63, 3.8) is 0 Å². The van der Waals surface area contributed by atoms with Crippen LogP contribution in [0.2, 0.25) is 0 Å². The minimum atomic E-state index is -0.571. The second kappa shape index (κ2) is 7.07. The zero-order valence-electron chi connectivity index (χ0n) is 12.1. The summed E-state index contributed by atoms with van der Waals surface area (Å²) in [6, 6.07) is 10.3. The molecular weight excluding hydrogens is 286 g/mol. The number of rotatable bonds is 4. The molecule has 2 aromatic rings. The van der Waals surface area contributed by atoms with E-state index in [1.54, 1.807) is 36.4 Å². The van der Waals surface area contributed by atoms with Crippen molar-refractivity contribution >= 4 is 29.3 Å². The molecule has 0 radical (unpaired) electrons. The largest absolute Gasteiger partial charge is 0.465 e. The fraction of sp³-hybridized carbons (Fsp3) is 0.133. The molecular formula is C15H15N3O4. The van der Waals surface area contributed by atoms with Crippen LogP contribution in [0.15, 0.2) is 42.6 Å². The van der Waals surface area contributed by atoms with Gasteiger partial charge in [0.25, 0.3) is 0 Å². The van der Waals surface area contributed by atoms with Gasteiger partial charge in [0.2, 0.25) is 0 Å². The predicted molar refractivity (Wildman–Crippen MR) is 81.3 cm³/mol. The van der Waals surface area contributed by atoms with E-state index in [4.69, 9.17) is 4.74 Å². The summed E-state index contributed by atoms with van der Waals surface area (Å²) in [5.74, 6) is 0.0823. The molecule has 114 valence electrons. The Morgan fingerprint density at radius 2 is 1.82 bits per heavy atom. The minimum Gasteiger partial charge on any atom is -0.465 e. The van der Waals surface area contributed by atoms with Crippen LogP contribution in [0.3, 0.4) is 0 Å². The topological polar surface area (TPSA) is 89.6 Å². The Morgan fingerprint density at radius 3 is 2.45 bits per heavy atom. The number of esters is 1. The molecule has 0 bridgehead atoms. The van der Waals surface area contributed by atoms with E-state index in [0.717, 1.165) is 0 Å². The van der Waals surface area contributed by atoms with Crippen LogP contribution in [0.1, 0.15) is 10.4 Å². The second-order valence-corrected chi connectivity index (χ2v) is 4.21. The number of ether oxygens (including phenoxy) is 2. The van der Waals surface area contributed by atoms with Crippen LogP contribution < -0.4 is 10.6 Å². The molecule has 1 heterocycles. The van der Waals surface area contributed by atoms with Crippen LogP contribution in [0, 0.1) is 0 Å². The number of nitrogens with one attached hydrogen (secondary N) is 2. The summed E-state index contributed by atoms with van der Waals surface area (Å²) in [7, 11) is 2.60. The Morgan fingerprint density at radius 1 is 1.05 bits per heavy atom. The average molecular weight is 301 g/mol. The highest BCUT2D eigenvalue weighted by Gasteiger charge is 2.11. The lowest BCUT2D eigenvalue weighted by atomic mass is 10.2. The summed E-state index contributed by atoms with van der Waals surface area (Å²) < 4.78 is 9.22. The van der Waals surface area contributed by atoms with E-state index in [1.165, 1.54) is 20.4 Å². The van der Waals surface area contributed by atoms with Crippen LogP contribution in [0.5, 0.6) is 0 Å². The lowest BCUT2D eigenvalue weighted by Gasteiger charge is -2.10. The highest BCUT2D eigenvalue weighted by Crippen LogP contribution is 2.21. The number of aromatic nitrogens is 1. The normalized spacial score (nSPS) is 9.73. The van der Waals surface area contributed by atoms with Gasteiger partial charge < -0.3 is 14.8 Å². The summed E-state index contributed by atoms with van der Waals surface area (Å²) in [4.78, 5) is 26.9. The number of amides is 1. The van der Waals surface area contributed by atoms with E-state index >= 15 is 0 Å². The van der Waals surface area contributed by atoms with Gasteiger partial charge >= 0.3 is 12.1 Å². The fourth-order valence-corrected chi connectivity index (χ4v) is 1.73. The molecule has 0 spiro atoms. The third kappa shape index (κ3) is 3.72. The Balaban J connectivity index is 2.14. The Hall–Kier alpha value is -3.09. The quantitative estimate of drug-likeness (QED) is 0.844. The molecule has 2 N–H and O–H groups in total. The molecule has 7 nitrogen and oxygen atoms in total. The smallest absolute Gasteiger partial charge is 0.411 e. The van der Waals surface area contributed by atoms with Gasteiger partial charge in [-0.15, -0.1) is 0 Å². The minimum absolute atomic E-state index is 0.406. The zero-order valence-corrected chi connectivity index (χ0v) is 12.1. The van der Waals surface area contributed by atoms with Crippen LogP contribution in [0.4, 0.5) is 22.0 Å². The first kappa shape index (κ1) is 15.3. The summed E-state index contributed by atoms with van der Waals surface area (Å²) in [5.41, 5.74) is 1.48. The number of methoxy groups -OCH3 is 2. The van der Waals surface area contributed by atoms with Crippen LogP contribution >= 0.6 is 0 Å². The van der Waals surface area contributed by atoms with Gasteiger partial charge in [0.05, 0.1) is 37.4 Å². The van der Waals surface area contributed by atoms with Crippen molar-refractivity contribution in [2.45, 2.75) is 0 Å². The van der Waals surface area contributed by atoms with Crippen LogP contribution in [0.25, 0.3) is 0 Å². The number of pyridine rings is 1. The molecule has 0 unspecified atom stereocenters. The highest BCUT2D eigenvalue weighted by molar-refractivity contribution is 5.96. The SMILES string of the molecule is COC(=O)Nc1ccc(Nc2ccccc2C(=O)OC)nc1. The van der Waals surface area contributed by atoms with Gasteiger partial charge in [0.1, 0.15) is 5.82 Å². The Bertz CT molecular complexity index is 671. The lowest BCUT2D eigenvalue weighted by Crippen LogP contribution is -2.11. The number of carbonyl (C=O) groups excluding carboxylic acids is 2. The second-order valence-electron chi connectivity index (χ2n) is 4.21. The molecule has 0 aliphatic carbocycles.